The van der Waals surface area contributed by atoms with Crippen LogP contribution in [0.5, 0.6) is 11.5 Å². The largest absolute Gasteiger partial charge is 0.493 e. The average Bonchev–Trinajstić information content (AvgIpc) is 3.04. The molecule has 0 aliphatic carbocycles. The van der Waals surface area contributed by atoms with Crippen molar-refractivity contribution in [1.29, 1.82) is 0 Å². The molecular weight excluding hydrogens is 431 g/mol. The number of rotatable bonds is 6. The molecule has 1 fully saturated rings. The lowest BCUT2D eigenvalue weighted by Crippen LogP contribution is -2.19. The summed E-state index contributed by atoms with van der Waals surface area (Å²) in [5, 5.41) is 4.31. The van der Waals surface area contributed by atoms with Crippen LogP contribution in [-0.2, 0) is 4.79 Å². The molecule has 1 atom stereocenters. The van der Waals surface area contributed by atoms with Crippen LogP contribution in [0, 0.1) is 0 Å². The highest BCUT2D eigenvalue weighted by Crippen LogP contribution is 2.39. The zero-order chi connectivity index (χ0) is 21.0. The number of benzene rings is 2. The van der Waals surface area contributed by atoms with E-state index in [2.05, 4.69) is 10.3 Å². The van der Waals surface area contributed by atoms with Gasteiger partial charge in [0.05, 0.1) is 28.8 Å². The number of nitrogens with zero attached hydrogens (tertiary/aromatic N) is 1. The van der Waals surface area contributed by atoms with E-state index in [1.165, 1.54) is 11.8 Å². The second-order valence-corrected chi connectivity index (χ2v) is 8.20. The summed E-state index contributed by atoms with van der Waals surface area (Å²) >= 11 is 13.5. The van der Waals surface area contributed by atoms with E-state index in [0.717, 1.165) is 12.0 Å². The molecule has 2 aromatic rings. The molecule has 1 N–H and O–H groups in total. The molecule has 29 heavy (non-hydrogen) atoms. The molecule has 0 aromatic heterocycles. The van der Waals surface area contributed by atoms with Gasteiger partial charge in [-0.25, -0.2) is 4.99 Å². The van der Waals surface area contributed by atoms with Crippen molar-refractivity contribution in [2.45, 2.75) is 26.4 Å². The van der Waals surface area contributed by atoms with Gasteiger partial charge in [-0.3, -0.25) is 4.79 Å². The summed E-state index contributed by atoms with van der Waals surface area (Å²) in [5.74, 6) is 0.792. The monoisotopic (exact) mass is 450 g/mol. The molecule has 152 valence electrons. The van der Waals surface area contributed by atoms with Crippen molar-refractivity contribution in [3.63, 3.8) is 0 Å². The van der Waals surface area contributed by atoms with E-state index in [1.807, 2.05) is 13.8 Å². The third-order valence-electron chi connectivity index (χ3n) is 4.15. The maximum Gasteiger partial charge on any atom is 0.264 e. The van der Waals surface area contributed by atoms with Crippen LogP contribution in [0.3, 0.4) is 0 Å². The fourth-order valence-corrected chi connectivity index (χ4v) is 3.72. The number of halogens is 2. The van der Waals surface area contributed by atoms with Crippen molar-refractivity contribution in [2.24, 2.45) is 4.99 Å². The summed E-state index contributed by atoms with van der Waals surface area (Å²) < 4.78 is 11.3. The van der Waals surface area contributed by atoms with Gasteiger partial charge < -0.3 is 14.8 Å². The highest BCUT2D eigenvalue weighted by atomic mass is 35.5. The summed E-state index contributed by atoms with van der Waals surface area (Å²) in [7, 11) is 1.56. The number of carbonyl (C=O) groups is 1. The topological polar surface area (TPSA) is 59.9 Å². The molecule has 1 unspecified atom stereocenters. The number of nitrogens with one attached hydrogen (secondary N) is 1. The van der Waals surface area contributed by atoms with E-state index in [-0.39, 0.29) is 12.0 Å². The van der Waals surface area contributed by atoms with Crippen LogP contribution >= 0.6 is 35.0 Å². The summed E-state index contributed by atoms with van der Waals surface area (Å²) in [6, 6.07) is 10.6. The minimum Gasteiger partial charge on any atom is -0.493 e. The predicted molar refractivity (Wildman–Crippen MR) is 121 cm³/mol. The Labute approximate surface area is 184 Å². The van der Waals surface area contributed by atoms with Gasteiger partial charge in [0, 0.05) is 5.02 Å². The molecule has 0 saturated carbocycles. The van der Waals surface area contributed by atoms with Crippen molar-refractivity contribution in [2.75, 3.05) is 7.11 Å². The lowest BCUT2D eigenvalue weighted by Gasteiger charge is -2.17. The Bertz CT molecular complexity index is 975. The van der Waals surface area contributed by atoms with Crippen molar-refractivity contribution < 1.29 is 14.3 Å². The van der Waals surface area contributed by atoms with E-state index >= 15 is 0 Å². The number of carbonyl (C=O) groups excluding carboxylic acids is 1. The van der Waals surface area contributed by atoms with Crippen LogP contribution in [0.4, 0.5) is 5.69 Å². The van der Waals surface area contributed by atoms with Crippen LogP contribution < -0.4 is 14.8 Å². The summed E-state index contributed by atoms with van der Waals surface area (Å²) in [4.78, 5) is 17.3. The Morgan fingerprint density at radius 1 is 1.24 bits per heavy atom. The molecule has 0 radical (unpaired) electrons. The molecule has 0 bridgehead atoms. The van der Waals surface area contributed by atoms with E-state index in [9.17, 15) is 4.79 Å². The third-order valence-corrected chi connectivity index (χ3v) is 5.59. The number of methoxy groups -OCH3 is 1. The molecule has 1 amide bonds. The second kappa shape index (κ2) is 9.57. The van der Waals surface area contributed by atoms with Crippen molar-refractivity contribution in [3.05, 3.63) is 56.9 Å². The maximum absolute atomic E-state index is 12.3. The van der Waals surface area contributed by atoms with E-state index in [1.54, 1.807) is 49.6 Å². The Morgan fingerprint density at radius 2 is 1.97 bits per heavy atom. The zero-order valence-electron chi connectivity index (χ0n) is 16.2. The van der Waals surface area contributed by atoms with E-state index < -0.39 is 0 Å². The lowest BCUT2D eigenvalue weighted by molar-refractivity contribution is -0.115. The average molecular weight is 451 g/mol. The van der Waals surface area contributed by atoms with Crippen LogP contribution in [0.15, 0.2) is 46.3 Å². The minimum absolute atomic E-state index is 0.00778. The Balaban J connectivity index is 1.85. The Kier molecular flexibility index (Phi) is 7.11. The first kappa shape index (κ1) is 21.6. The fraction of sp³-hybridized carbons (Fsp3) is 0.238. The summed E-state index contributed by atoms with van der Waals surface area (Å²) in [6.45, 7) is 4.00. The number of hydrogen-bond acceptors (Lipinski definition) is 5. The molecule has 8 heteroatoms. The van der Waals surface area contributed by atoms with E-state index in [0.29, 0.717) is 37.3 Å². The first-order valence-electron chi connectivity index (χ1n) is 8.99. The molecule has 2 aromatic carbocycles. The minimum atomic E-state index is -0.224. The fourth-order valence-electron chi connectivity index (χ4n) is 2.49. The normalized spacial score (nSPS) is 17.5. The van der Waals surface area contributed by atoms with Gasteiger partial charge in [0.2, 0.25) is 0 Å². The van der Waals surface area contributed by atoms with Gasteiger partial charge in [-0.1, -0.05) is 30.1 Å². The van der Waals surface area contributed by atoms with Gasteiger partial charge in [-0.2, -0.15) is 0 Å². The number of amides is 1. The van der Waals surface area contributed by atoms with Crippen LogP contribution in [0.1, 0.15) is 25.8 Å². The third kappa shape index (κ3) is 5.47. The standard InChI is InChI=1S/C21H20Cl2N2O3S/c1-4-12(2)28-19-16(23)9-13(10-17(19)27-3)11-18-20(26)25-21(29-18)24-15-7-5-14(22)6-8-15/h5-12H,4H2,1-3H3,(H,24,25,26). The van der Waals surface area contributed by atoms with Gasteiger partial charge in [-0.05, 0) is 73.1 Å². The summed E-state index contributed by atoms with van der Waals surface area (Å²) in [6.07, 6.45) is 2.59. The second-order valence-electron chi connectivity index (χ2n) is 6.33. The van der Waals surface area contributed by atoms with Crippen LogP contribution in [0.25, 0.3) is 6.08 Å². The van der Waals surface area contributed by atoms with Crippen molar-refractivity contribution in [3.8, 4) is 11.5 Å². The van der Waals surface area contributed by atoms with Gasteiger partial charge in [0.25, 0.3) is 5.91 Å². The van der Waals surface area contributed by atoms with E-state index in [4.69, 9.17) is 32.7 Å². The SMILES string of the molecule is CCC(C)Oc1c(Cl)cc(C=C2SC(=Nc3ccc(Cl)cc3)NC2=O)cc1OC. The van der Waals surface area contributed by atoms with Gasteiger partial charge in [0.15, 0.2) is 16.7 Å². The smallest absolute Gasteiger partial charge is 0.264 e. The molecular formula is C21H20Cl2N2O3S. The number of ether oxygens (including phenoxy) is 2. The van der Waals surface area contributed by atoms with Crippen LogP contribution in [0.2, 0.25) is 10.0 Å². The molecule has 1 saturated heterocycles. The molecule has 3 rings (SSSR count). The molecule has 1 aliphatic heterocycles. The number of amidine groups is 1. The Morgan fingerprint density at radius 3 is 2.62 bits per heavy atom. The lowest BCUT2D eigenvalue weighted by atomic mass is 10.1. The highest BCUT2D eigenvalue weighted by molar-refractivity contribution is 8.18. The first-order valence-corrected chi connectivity index (χ1v) is 10.6. The van der Waals surface area contributed by atoms with Crippen molar-refractivity contribution >= 4 is 57.8 Å². The quantitative estimate of drug-likeness (QED) is 0.542. The maximum atomic E-state index is 12.3. The predicted octanol–water partition coefficient (Wildman–Crippen LogP) is 6.07. The highest BCUT2D eigenvalue weighted by Gasteiger charge is 2.24. The molecule has 1 heterocycles. The molecule has 5 nitrogen and oxygen atoms in total. The number of thioether (sulfide) groups is 1. The zero-order valence-corrected chi connectivity index (χ0v) is 18.5. The van der Waals surface area contributed by atoms with Gasteiger partial charge in [0.1, 0.15) is 0 Å². The molecule has 0 spiro atoms. The summed E-state index contributed by atoms with van der Waals surface area (Å²) in [5.41, 5.74) is 1.43. The first-order chi connectivity index (χ1) is 13.9. The Hall–Kier alpha value is -2.15. The molecule has 1 aliphatic rings. The number of aliphatic imine (C=N–C) groups is 1. The van der Waals surface area contributed by atoms with Crippen LogP contribution in [-0.4, -0.2) is 24.3 Å². The van der Waals surface area contributed by atoms with Crippen molar-refractivity contribution in [1.82, 2.24) is 5.32 Å². The number of hydrogen-bond donors (Lipinski definition) is 1. The van der Waals surface area contributed by atoms with Gasteiger partial charge >= 0.3 is 0 Å². The van der Waals surface area contributed by atoms with Gasteiger partial charge in [-0.15, -0.1) is 0 Å².